The number of nitrogens with two attached hydrogens (primary N) is 1. The van der Waals surface area contributed by atoms with Gasteiger partial charge in [0.2, 0.25) is 5.78 Å². The number of aliphatic hydroxyl groups is 3. The summed E-state index contributed by atoms with van der Waals surface area (Å²) >= 11 is 0. The van der Waals surface area contributed by atoms with Crippen molar-refractivity contribution in [1.29, 1.82) is 0 Å². The van der Waals surface area contributed by atoms with Gasteiger partial charge in [-0.25, -0.2) is 0 Å². The monoisotopic (exact) mass is 490 g/mol. The van der Waals surface area contributed by atoms with Crippen LogP contribution in [0.3, 0.4) is 0 Å². The van der Waals surface area contributed by atoms with Crippen LogP contribution >= 0.6 is 0 Å². The molecule has 1 amide bonds. The molecule has 10 heteroatoms. The molecule has 0 bridgehead atoms. The van der Waals surface area contributed by atoms with Crippen LogP contribution in [-0.4, -0.2) is 54.3 Å². The van der Waals surface area contributed by atoms with E-state index in [4.69, 9.17) is 5.73 Å². The quantitative estimate of drug-likeness (QED) is 0.312. The Morgan fingerprint density at radius 2 is 1.83 bits per heavy atom. The summed E-state index contributed by atoms with van der Waals surface area (Å²) in [5.41, 5.74) is 2.32. The Morgan fingerprint density at radius 3 is 2.50 bits per heavy atom. The van der Waals surface area contributed by atoms with Gasteiger partial charge in [-0.15, -0.1) is 0 Å². The number of phenols is 1. The highest BCUT2D eigenvalue weighted by Crippen LogP contribution is 2.51. The number of nitrogens with zero attached hydrogens (tertiary/aromatic N) is 1. The van der Waals surface area contributed by atoms with Crippen LogP contribution in [0.1, 0.15) is 44.8 Å². The van der Waals surface area contributed by atoms with Gasteiger partial charge in [0, 0.05) is 35.4 Å². The van der Waals surface area contributed by atoms with Gasteiger partial charge in [0.15, 0.2) is 17.2 Å². The van der Waals surface area contributed by atoms with Crippen molar-refractivity contribution < 1.29 is 39.6 Å². The van der Waals surface area contributed by atoms with Crippen molar-refractivity contribution in [3.8, 4) is 5.75 Å². The van der Waals surface area contributed by atoms with E-state index in [1.54, 1.807) is 24.4 Å². The normalized spacial score (nSPS) is 25.2. The van der Waals surface area contributed by atoms with Crippen molar-refractivity contribution in [1.82, 2.24) is 4.98 Å². The number of hydrogen-bond donors (Lipinski definition) is 5. The highest BCUT2D eigenvalue weighted by molar-refractivity contribution is 6.24. The van der Waals surface area contributed by atoms with Crippen molar-refractivity contribution in [3.63, 3.8) is 0 Å². The zero-order valence-corrected chi connectivity index (χ0v) is 18.9. The fourth-order valence-corrected chi connectivity index (χ4v) is 5.64. The summed E-state index contributed by atoms with van der Waals surface area (Å²) in [4.78, 5) is 55.5. The largest absolute Gasteiger partial charge is 0.511 e. The van der Waals surface area contributed by atoms with E-state index in [0.29, 0.717) is 11.3 Å². The fraction of sp³-hybridized carbons (Fsp3) is 0.269. The summed E-state index contributed by atoms with van der Waals surface area (Å²) in [6, 6.07) is 7.79. The lowest BCUT2D eigenvalue weighted by molar-refractivity contribution is -0.144. The molecule has 10 nitrogen and oxygen atoms in total. The SMILES string of the molecule is NC(=O)C1=C(O)C[C@@H]2C[C@@H]3Cc4c(C(=O)Cc5ccccn5)ccc(O)c4C(=O)C3=C(O)[C@]2(O)C1=O. The first-order chi connectivity index (χ1) is 17.1. The van der Waals surface area contributed by atoms with Crippen molar-refractivity contribution in [2.45, 2.75) is 31.3 Å². The first-order valence-corrected chi connectivity index (χ1v) is 11.3. The van der Waals surface area contributed by atoms with Crippen LogP contribution in [0.5, 0.6) is 5.75 Å². The Morgan fingerprint density at radius 1 is 1.08 bits per heavy atom. The Hall–Kier alpha value is -4.31. The van der Waals surface area contributed by atoms with E-state index in [9.17, 15) is 39.6 Å². The summed E-state index contributed by atoms with van der Waals surface area (Å²) in [5.74, 6) is -7.39. The standard InChI is InChI=1S/C26H22N2O8/c27-25(35)21-18(31)9-12-7-11-8-15-14(17(30)10-13-3-1-2-6-28-13)4-5-16(29)20(15)22(32)19(11)23(33)26(12,36)24(21)34/h1-6,11-12,29,31,33,36H,7-10H2,(H2,27,35)/t11-,12+,26+/m1/s1. The molecular weight excluding hydrogens is 468 g/mol. The number of aromatic hydroxyl groups is 1. The molecule has 36 heavy (non-hydrogen) atoms. The van der Waals surface area contributed by atoms with Crippen molar-refractivity contribution in [3.05, 3.63) is 81.6 Å². The topological polar surface area (TPSA) is 188 Å². The summed E-state index contributed by atoms with van der Waals surface area (Å²) in [7, 11) is 0. The molecule has 0 saturated carbocycles. The number of carbonyl (C=O) groups is 4. The number of Topliss-reactive ketones (excluding diaryl/α,β-unsaturated/α-hetero) is 3. The van der Waals surface area contributed by atoms with Gasteiger partial charge in [-0.1, -0.05) is 6.07 Å². The maximum absolute atomic E-state index is 13.5. The number of ketones is 3. The number of amides is 1. The van der Waals surface area contributed by atoms with E-state index in [-0.39, 0.29) is 48.2 Å². The lowest BCUT2D eigenvalue weighted by atomic mass is 9.60. The average Bonchev–Trinajstić information content (AvgIpc) is 2.82. The van der Waals surface area contributed by atoms with Gasteiger partial charge in [0.05, 0.1) is 12.0 Å². The second-order valence-corrected chi connectivity index (χ2v) is 9.32. The van der Waals surface area contributed by atoms with E-state index in [1.807, 2.05) is 0 Å². The Kier molecular flexibility index (Phi) is 5.29. The number of phenolic OH excluding ortho intramolecular Hbond substituents is 1. The zero-order valence-electron chi connectivity index (χ0n) is 18.9. The number of fused-ring (bicyclic) bond motifs is 3. The number of aliphatic hydroxyl groups excluding tert-OH is 2. The molecule has 0 unspecified atom stereocenters. The van der Waals surface area contributed by atoms with E-state index in [0.717, 1.165) is 0 Å². The van der Waals surface area contributed by atoms with Gasteiger partial charge in [-0.3, -0.25) is 24.2 Å². The Labute approximate surface area is 204 Å². The number of pyridine rings is 1. The van der Waals surface area contributed by atoms with Crippen molar-refractivity contribution in [2.24, 2.45) is 17.6 Å². The molecule has 1 aromatic carbocycles. The number of primary amides is 1. The minimum Gasteiger partial charge on any atom is -0.511 e. The fourth-order valence-electron chi connectivity index (χ4n) is 5.64. The number of aromatic nitrogens is 1. The van der Waals surface area contributed by atoms with Crippen molar-refractivity contribution >= 4 is 23.3 Å². The minimum atomic E-state index is -2.63. The predicted molar refractivity (Wildman–Crippen MR) is 123 cm³/mol. The van der Waals surface area contributed by atoms with E-state index in [2.05, 4.69) is 4.98 Å². The molecule has 6 N–H and O–H groups in total. The molecule has 1 aromatic heterocycles. The second kappa shape index (κ2) is 8.13. The van der Waals surface area contributed by atoms with Crippen LogP contribution < -0.4 is 5.73 Å². The van der Waals surface area contributed by atoms with Crippen LogP contribution in [0.2, 0.25) is 0 Å². The predicted octanol–water partition coefficient (Wildman–Crippen LogP) is 1.40. The van der Waals surface area contributed by atoms with Gasteiger partial charge in [-0.2, -0.15) is 0 Å². The minimum absolute atomic E-state index is 0.00750. The summed E-state index contributed by atoms with van der Waals surface area (Å²) < 4.78 is 0. The molecule has 0 aliphatic heterocycles. The number of benzene rings is 1. The van der Waals surface area contributed by atoms with Gasteiger partial charge < -0.3 is 26.2 Å². The molecule has 2 aromatic rings. The highest BCUT2D eigenvalue weighted by atomic mass is 16.3. The molecular formula is C26H22N2O8. The molecule has 3 aliphatic rings. The van der Waals surface area contributed by atoms with Crippen molar-refractivity contribution in [2.75, 3.05) is 0 Å². The number of allylic oxidation sites excluding steroid dienone is 2. The lowest BCUT2D eigenvalue weighted by Crippen LogP contribution is -2.57. The second-order valence-electron chi connectivity index (χ2n) is 9.32. The Balaban J connectivity index is 1.61. The zero-order chi connectivity index (χ0) is 25.9. The molecule has 0 spiro atoms. The third-order valence-corrected chi connectivity index (χ3v) is 7.31. The van der Waals surface area contributed by atoms with E-state index in [1.165, 1.54) is 12.1 Å². The first-order valence-electron chi connectivity index (χ1n) is 11.3. The van der Waals surface area contributed by atoms with E-state index < -0.39 is 57.8 Å². The van der Waals surface area contributed by atoms with Crippen LogP contribution in [0.4, 0.5) is 0 Å². The molecule has 3 atom stereocenters. The summed E-state index contributed by atoms with van der Waals surface area (Å²) in [5, 5.41) is 43.1. The number of hydrogen-bond acceptors (Lipinski definition) is 9. The van der Waals surface area contributed by atoms with E-state index >= 15 is 0 Å². The third kappa shape index (κ3) is 3.25. The van der Waals surface area contributed by atoms with Gasteiger partial charge in [0.1, 0.15) is 22.8 Å². The van der Waals surface area contributed by atoms with Gasteiger partial charge >= 0.3 is 0 Å². The third-order valence-electron chi connectivity index (χ3n) is 7.31. The molecule has 0 saturated heterocycles. The molecule has 0 radical (unpaired) electrons. The first kappa shape index (κ1) is 23.4. The smallest absolute Gasteiger partial charge is 0.255 e. The van der Waals surface area contributed by atoms with Crippen LogP contribution in [-0.2, 0) is 22.4 Å². The number of rotatable bonds is 4. The lowest BCUT2D eigenvalue weighted by Gasteiger charge is -2.45. The van der Waals surface area contributed by atoms with Crippen LogP contribution in [0.25, 0.3) is 0 Å². The highest BCUT2D eigenvalue weighted by Gasteiger charge is 2.59. The van der Waals surface area contributed by atoms with Crippen LogP contribution in [0, 0.1) is 11.8 Å². The maximum Gasteiger partial charge on any atom is 0.255 e. The average molecular weight is 490 g/mol. The summed E-state index contributed by atoms with van der Waals surface area (Å²) in [6.45, 7) is 0. The molecule has 3 aliphatic carbocycles. The Bertz CT molecular complexity index is 1420. The molecule has 0 fully saturated rings. The molecule has 5 rings (SSSR count). The van der Waals surface area contributed by atoms with Crippen LogP contribution in [0.15, 0.2) is 59.2 Å². The molecule has 184 valence electrons. The van der Waals surface area contributed by atoms with Gasteiger partial charge in [-0.05, 0) is 48.6 Å². The van der Waals surface area contributed by atoms with Gasteiger partial charge in [0.25, 0.3) is 5.91 Å². The molecule has 1 heterocycles. The number of carbonyl (C=O) groups excluding carboxylic acids is 4. The summed E-state index contributed by atoms with van der Waals surface area (Å²) in [6.07, 6.45) is 1.26. The maximum atomic E-state index is 13.5.